The molecule has 0 radical (unpaired) electrons. The molecule has 0 saturated carbocycles. The van der Waals surface area contributed by atoms with Gasteiger partial charge in [-0.25, -0.2) is 9.97 Å². The third kappa shape index (κ3) is 1.77. The van der Waals surface area contributed by atoms with Gasteiger partial charge in [0, 0.05) is 18.4 Å². The van der Waals surface area contributed by atoms with E-state index >= 15 is 0 Å². The van der Waals surface area contributed by atoms with Gasteiger partial charge >= 0.3 is 0 Å². The van der Waals surface area contributed by atoms with Crippen LogP contribution >= 0.6 is 0 Å². The molecule has 0 spiro atoms. The van der Waals surface area contributed by atoms with Crippen LogP contribution in [0.3, 0.4) is 0 Å². The summed E-state index contributed by atoms with van der Waals surface area (Å²) in [5.74, 6) is 2.66. The molecule has 1 aromatic carbocycles. The van der Waals surface area contributed by atoms with Crippen molar-refractivity contribution in [1.29, 1.82) is 0 Å². The monoisotopic (exact) mass is 281 g/mol. The predicted octanol–water partition coefficient (Wildman–Crippen LogP) is 2.97. The highest BCUT2D eigenvalue weighted by Crippen LogP contribution is 2.42. The van der Waals surface area contributed by atoms with Crippen LogP contribution in [-0.2, 0) is 12.8 Å². The molecule has 0 amide bonds. The molecular formula is C16H15N3O2. The summed E-state index contributed by atoms with van der Waals surface area (Å²) in [5, 5.41) is 0.968. The number of benzene rings is 1. The summed E-state index contributed by atoms with van der Waals surface area (Å²) in [6, 6.07) is 7.84. The summed E-state index contributed by atoms with van der Waals surface area (Å²) in [6.45, 7) is 2.55. The molecule has 0 aliphatic carbocycles. The number of nitrogens with two attached hydrogens (primary N) is 1. The minimum Gasteiger partial charge on any atom is -0.488 e. The molecule has 5 nitrogen and oxygen atoms in total. The lowest BCUT2D eigenvalue weighted by molar-refractivity contribution is 0.327. The molecule has 0 saturated heterocycles. The number of hydrogen-bond acceptors (Lipinski definition) is 5. The van der Waals surface area contributed by atoms with Crippen molar-refractivity contribution in [2.45, 2.75) is 19.8 Å². The van der Waals surface area contributed by atoms with Crippen LogP contribution in [0.25, 0.3) is 22.4 Å². The summed E-state index contributed by atoms with van der Waals surface area (Å²) in [5.41, 5.74) is 8.56. The highest BCUT2D eigenvalue weighted by Gasteiger charge is 2.26. The quantitative estimate of drug-likeness (QED) is 0.742. The average Bonchev–Trinajstić information content (AvgIpc) is 2.77. The van der Waals surface area contributed by atoms with Gasteiger partial charge in [-0.3, -0.25) is 0 Å². The van der Waals surface area contributed by atoms with Crippen LogP contribution in [0.15, 0.2) is 28.7 Å². The number of furan rings is 1. The Morgan fingerprint density at radius 3 is 2.95 bits per heavy atom. The van der Waals surface area contributed by atoms with Gasteiger partial charge < -0.3 is 14.9 Å². The van der Waals surface area contributed by atoms with Gasteiger partial charge in [-0.05, 0) is 12.1 Å². The summed E-state index contributed by atoms with van der Waals surface area (Å²) in [6.07, 6.45) is 1.41. The topological polar surface area (TPSA) is 74.2 Å². The SMILES string of the molecule is CCc1nc(N)c2c(n1)-c1oc3ccccc3c1OCC2. The molecule has 0 atom stereocenters. The molecule has 3 heterocycles. The first-order chi connectivity index (χ1) is 10.3. The number of nitrogen functional groups attached to an aromatic ring is 1. The zero-order valence-electron chi connectivity index (χ0n) is 11.7. The molecule has 21 heavy (non-hydrogen) atoms. The number of para-hydroxylation sites is 1. The van der Waals surface area contributed by atoms with Crippen LogP contribution < -0.4 is 10.5 Å². The van der Waals surface area contributed by atoms with E-state index < -0.39 is 0 Å². The fourth-order valence-corrected chi connectivity index (χ4v) is 2.72. The fourth-order valence-electron chi connectivity index (χ4n) is 2.72. The maximum Gasteiger partial charge on any atom is 0.196 e. The van der Waals surface area contributed by atoms with Crippen molar-refractivity contribution in [3.8, 4) is 17.2 Å². The van der Waals surface area contributed by atoms with Crippen molar-refractivity contribution in [2.75, 3.05) is 12.3 Å². The van der Waals surface area contributed by atoms with Crippen LogP contribution in [0, 0.1) is 0 Å². The second-order valence-electron chi connectivity index (χ2n) is 5.06. The van der Waals surface area contributed by atoms with E-state index in [1.54, 1.807) is 0 Å². The molecule has 3 aromatic rings. The van der Waals surface area contributed by atoms with Crippen LogP contribution in [0.4, 0.5) is 5.82 Å². The van der Waals surface area contributed by atoms with Gasteiger partial charge in [0.05, 0.1) is 12.0 Å². The number of nitrogens with zero attached hydrogens (tertiary/aromatic N) is 2. The lowest BCUT2D eigenvalue weighted by Crippen LogP contribution is -2.07. The third-order valence-corrected chi connectivity index (χ3v) is 3.77. The fraction of sp³-hybridized carbons (Fsp3) is 0.250. The summed E-state index contributed by atoms with van der Waals surface area (Å²) < 4.78 is 11.9. The van der Waals surface area contributed by atoms with Gasteiger partial charge in [-0.1, -0.05) is 19.1 Å². The first-order valence-electron chi connectivity index (χ1n) is 7.08. The second-order valence-corrected chi connectivity index (χ2v) is 5.06. The number of aromatic nitrogens is 2. The molecule has 106 valence electrons. The number of fused-ring (bicyclic) bond motifs is 5. The largest absolute Gasteiger partial charge is 0.488 e. The van der Waals surface area contributed by atoms with Crippen molar-refractivity contribution < 1.29 is 9.15 Å². The molecule has 1 aliphatic rings. The highest BCUT2D eigenvalue weighted by atomic mass is 16.5. The highest BCUT2D eigenvalue weighted by molar-refractivity contribution is 5.92. The van der Waals surface area contributed by atoms with Crippen LogP contribution in [-0.4, -0.2) is 16.6 Å². The van der Waals surface area contributed by atoms with E-state index in [-0.39, 0.29) is 0 Å². The van der Waals surface area contributed by atoms with Crippen molar-refractivity contribution in [3.63, 3.8) is 0 Å². The van der Waals surface area contributed by atoms with E-state index in [1.165, 1.54) is 0 Å². The Morgan fingerprint density at radius 1 is 1.24 bits per heavy atom. The molecule has 4 rings (SSSR count). The molecule has 2 N–H and O–H groups in total. The zero-order chi connectivity index (χ0) is 14.4. The molecule has 0 fully saturated rings. The average molecular weight is 281 g/mol. The standard InChI is InChI=1S/C16H15N3O2/c1-2-12-18-13-10(16(17)19-12)7-8-20-14-9-5-3-4-6-11(9)21-15(13)14/h3-6H,2,7-8H2,1H3,(H2,17,18,19). The Labute approximate surface area is 121 Å². The maximum atomic E-state index is 6.09. The Balaban J connectivity index is 2.06. The van der Waals surface area contributed by atoms with Gasteiger partial charge in [0.15, 0.2) is 11.5 Å². The Hall–Kier alpha value is -2.56. The molecule has 1 aliphatic heterocycles. The maximum absolute atomic E-state index is 6.09. The number of rotatable bonds is 1. The molecule has 2 aromatic heterocycles. The molecule has 0 unspecified atom stereocenters. The molecule has 0 bridgehead atoms. The van der Waals surface area contributed by atoms with E-state index in [9.17, 15) is 0 Å². The molecule has 5 heteroatoms. The van der Waals surface area contributed by atoms with Crippen molar-refractivity contribution in [1.82, 2.24) is 9.97 Å². The Kier molecular flexibility index (Phi) is 2.60. The van der Waals surface area contributed by atoms with Crippen molar-refractivity contribution >= 4 is 16.8 Å². The third-order valence-electron chi connectivity index (χ3n) is 3.77. The van der Waals surface area contributed by atoms with E-state index in [1.807, 2.05) is 31.2 Å². The van der Waals surface area contributed by atoms with Gasteiger partial charge in [-0.2, -0.15) is 0 Å². The van der Waals surface area contributed by atoms with Gasteiger partial charge in [0.25, 0.3) is 0 Å². The van der Waals surface area contributed by atoms with Crippen LogP contribution in [0.1, 0.15) is 18.3 Å². The number of aryl methyl sites for hydroxylation is 1. The van der Waals surface area contributed by atoms with Gasteiger partial charge in [0.1, 0.15) is 22.9 Å². The Bertz CT molecular complexity index is 839. The van der Waals surface area contributed by atoms with Gasteiger partial charge in [0.2, 0.25) is 0 Å². The zero-order valence-corrected chi connectivity index (χ0v) is 11.7. The number of ether oxygens (including phenoxy) is 1. The smallest absolute Gasteiger partial charge is 0.196 e. The second kappa shape index (κ2) is 4.48. The minimum atomic E-state index is 0.522. The van der Waals surface area contributed by atoms with E-state index in [0.717, 1.165) is 40.2 Å². The van der Waals surface area contributed by atoms with Gasteiger partial charge in [-0.15, -0.1) is 0 Å². The summed E-state index contributed by atoms with van der Waals surface area (Å²) >= 11 is 0. The first kappa shape index (κ1) is 12.2. The number of hydrogen-bond donors (Lipinski definition) is 1. The van der Waals surface area contributed by atoms with Crippen molar-refractivity contribution in [2.24, 2.45) is 0 Å². The van der Waals surface area contributed by atoms with Crippen LogP contribution in [0.5, 0.6) is 5.75 Å². The summed E-state index contributed by atoms with van der Waals surface area (Å²) in [4.78, 5) is 8.97. The first-order valence-corrected chi connectivity index (χ1v) is 7.08. The van der Waals surface area contributed by atoms with E-state index in [4.69, 9.17) is 14.9 Å². The minimum absolute atomic E-state index is 0.522. The lowest BCUT2D eigenvalue weighted by Gasteiger charge is -2.08. The number of anilines is 1. The Morgan fingerprint density at radius 2 is 2.10 bits per heavy atom. The molecular weight excluding hydrogens is 266 g/mol. The summed E-state index contributed by atoms with van der Waals surface area (Å²) in [7, 11) is 0. The van der Waals surface area contributed by atoms with Crippen LogP contribution in [0.2, 0.25) is 0 Å². The van der Waals surface area contributed by atoms with E-state index in [2.05, 4.69) is 9.97 Å². The van der Waals surface area contributed by atoms with E-state index in [0.29, 0.717) is 24.6 Å². The van der Waals surface area contributed by atoms with Crippen molar-refractivity contribution in [3.05, 3.63) is 35.7 Å². The lowest BCUT2D eigenvalue weighted by atomic mass is 10.1. The normalized spacial score (nSPS) is 13.4. The predicted molar refractivity (Wildman–Crippen MR) is 80.2 cm³/mol.